The largest absolute Gasteiger partial charge is 0.497 e. The lowest BCUT2D eigenvalue weighted by Gasteiger charge is -2.14. The molecule has 0 bridgehead atoms. The normalized spacial score (nSPS) is 11.5. The number of hydrogen-bond acceptors (Lipinski definition) is 5. The van der Waals surface area contributed by atoms with Gasteiger partial charge in [0.05, 0.1) is 7.11 Å². The SMILES string of the molecule is COc1ccc(COC(=O)[C@H](CS)NC(C)=O)cc1. The van der Waals surface area contributed by atoms with Crippen LogP contribution in [-0.2, 0) is 20.9 Å². The summed E-state index contributed by atoms with van der Waals surface area (Å²) in [5.41, 5.74) is 0.842. The number of amides is 1. The lowest BCUT2D eigenvalue weighted by Crippen LogP contribution is -2.42. The quantitative estimate of drug-likeness (QED) is 0.608. The molecule has 0 saturated heterocycles. The van der Waals surface area contributed by atoms with Crippen LogP contribution in [0.2, 0.25) is 0 Å². The molecule has 1 rings (SSSR count). The molecule has 6 heteroatoms. The molecular formula is C13H17NO4S. The second-order valence-corrected chi connectivity index (χ2v) is 4.26. The third-order valence-corrected chi connectivity index (χ3v) is 2.75. The lowest BCUT2D eigenvalue weighted by molar-refractivity contribution is -0.148. The Morgan fingerprint density at radius 3 is 2.42 bits per heavy atom. The van der Waals surface area contributed by atoms with Crippen molar-refractivity contribution >= 4 is 24.5 Å². The summed E-state index contributed by atoms with van der Waals surface area (Å²) < 4.78 is 10.1. The molecule has 0 spiro atoms. The Balaban J connectivity index is 2.49. The van der Waals surface area contributed by atoms with Crippen molar-refractivity contribution in [2.24, 2.45) is 0 Å². The number of rotatable bonds is 6. The zero-order valence-electron chi connectivity index (χ0n) is 10.9. The summed E-state index contributed by atoms with van der Waals surface area (Å²) in [7, 11) is 1.58. The minimum atomic E-state index is -0.723. The number of carbonyl (C=O) groups is 2. The Labute approximate surface area is 117 Å². The van der Waals surface area contributed by atoms with Gasteiger partial charge < -0.3 is 14.8 Å². The summed E-state index contributed by atoms with van der Waals surface area (Å²) in [5.74, 6) is 0.143. The highest BCUT2D eigenvalue weighted by Gasteiger charge is 2.19. The molecule has 1 N–H and O–H groups in total. The molecule has 19 heavy (non-hydrogen) atoms. The minimum absolute atomic E-state index is 0.146. The Hall–Kier alpha value is -1.69. The minimum Gasteiger partial charge on any atom is -0.497 e. The van der Waals surface area contributed by atoms with Crippen LogP contribution < -0.4 is 10.1 Å². The Kier molecular flexibility index (Phi) is 6.21. The number of carbonyl (C=O) groups excluding carboxylic acids is 2. The van der Waals surface area contributed by atoms with Crippen molar-refractivity contribution in [3.8, 4) is 5.75 Å². The first-order chi connectivity index (χ1) is 9.06. The van der Waals surface area contributed by atoms with Crippen molar-refractivity contribution in [3.05, 3.63) is 29.8 Å². The van der Waals surface area contributed by atoms with Crippen LogP contribution in [0, 0.1) is 0 Å². The fourth-order valence-electron chi connectivity index (χ4n) is 1.40. The first-order valence-electron chi connectivity index (χ1n) is 5.74. The van der Waals surface area contributed by atoms with Crippen LogP contribution >= 0.6 is 12.6 Å². The van der Waals surface area contributed by atoms with Crippen molar-refractivity contribution < 1.29 is 19.1 Å². The zero-order chi connectivity index (χ0) is 14.3. The summed E-state index contributed by atoms with van der Waals surface area (Å²) in [4.78, 5) is 22.6. The predicted octanol–water partition coefficient (Wildman–Crippen LogP) is 1.17. The summed E-state index contributed by atoms with van der Waals surface area (Å²) in [6.07, 6.45) is 0. The van der Waals surface area contributed by atoms with E-state index in [1.54, 1.807) is 31.4 Å². The second kappa shape index (κ2) is 7.68. The van der Waals surface area contributed by atoms with Gasteiger partial charge in [-0.1, -0.05) is 12.1 Å². The maximum absolute atomic E-state index is 11.7. The van der Waals surface area contributed by atoms with Gasteiger partial charge in [0.2, 0.25) is 5.91 Å². The third-order valence-electron chi connectivity index (χ3n) is 2.38. The molecule has 0 aliphatic heterocycles. The maximum Gasteiger partial charge on any atom is 0.329 e. The summed E-state index contributed by atoms with van der Waals surface area (Å²) in [6, 6.07) is 6.46. The monoisotopic (exact) mass is 283 g/mol. The van der Waals surface area contributed by atoms with Crippen LogP contribution in [0.4, 0.5) is 0 Å². The number of thiol groups is 1. The predicted molar refractivity (Wildman–Crippen MR) is 74.2 cm³/mol. The molecule has 104 valence electrons. The van der Waals surface area contributed by atoms with Crippen molar-refractivity contribution in [1.82, 2.24) is 5.32 Å². The maximum atomic E-state index is 11.7. The fourth-order valence-corrected chi connectivity index (χ4v) is 1.64. The van der Waals surface area contributed by atoms with E-state index in [4.69, 9.17) is 9.47 Å². The van der Waals surface area contributed by atoms with Crippen LogP contribution in [0.15, 0.2) is 24.3 Å². The Bertz CT molecular complexity index is 433. The van der Waals surface area contributed by atoms with Crippen LogP contribution in [0.25, 0.3) is 0 Å². The van der Waals surface area contributed by atoms with Crippen molar-refractivity contribution in [2.45, 2.75) is 19.6 Å². The molecule has 0 fully saturated rings. The van der Waals surface area contributed by atoms with E-state index in [0.717, 1.165) is 11.3 Å². The van der Waals surface area contributed by atoms with Crippen molar-refractivity contribution in [2.75, 3.05) is 12.9 Å². The summed E-state index contributed by atoms with van der Waals surface area (Å²) in [5, 5.41) is 2.47. The van der Waals surface area contributed by atoms with Gasteiger partial charge in [-0.15, -0.1) is 0 Å². The average Bonchev–Trinajstić information content (AvgIpc) is 2.42. The summed E-state index contributed by atoms with van der Waals surface area (Å²) in [6.45, 7) is 1.49. The van der Waals surface area contributed by atoms with E-state index in [1.807, 2.05) is 0 Å². The fraction of sp³-hybridized carbons (Fsp3) is 0.385. The van der Waals surface area contributed by atoms with Crippen LogP contribution in [-0.4, -0.2) is 30.8 Å². The molecule has 0 unspecified atom stereocenters. The highest BCUT2D eigenvalue weighted by atomic mass is 32.1. The number of methoxy groups -OCH3 is 1. The molecule has 0 aromatic heterocycles. The first-order valence-corrected chi connectivity index (χ1v) is 6.37. The van der Waals surface area contributed by atoms with Crippen LogP contribution in [0.1, 0.15) is 12.5 Å². The van der Waals surface area contributed by atoms with E-state index in [-0.39, 0.29) is 18.3 Å². The van der Waals surface area contributed by atoms with Gasteiger partial charge in [0, 0.05) is 12.7 Å². The van der Waals surface area contributed by atoms with Gasteiger partial charge in [0.25, 0.3) is 0 Å². The van der Waals surface area contributed by atoms with Crippen molar-refractivity contribution in [3.63, 3.8) is 0 Å². The van der Waals surface area contributed by atoms with E-state index < -0.39 is 12.0 Å². The number of nitrogens with one attached hydrogen (secondary N) is 1. The number of ether oxygens (including phenoxy) is 2. The van der Waals surface area contributed by atoms with Crippen LogP contribution in [0.3, 0.4) is 0 Å². The molecule has 1 aromatic carbocycles. The van der Waals surface area contributed by atoms with Gasteiger partial charge >= 0.3 is 5.97 Å². The van der Waals surface area contributed by atoms with E-state index in [2.05, 4.69) is 17.9 Å². The highest BCUT2D eigenvalue weighted by molar-refractivity contribution is 7.80. The second-order valence-electron chi connectivity index (χ2n) is 3.89. The molecule has 0 aliphatic carbocycles. The lowest BCUT2D eigenvalue weighted by atomic mass is 10.2. The third kappa shape index (κ3) is 5.21. The molecule has 5 nitrogen and oxygen atoms in total. The number of benzene rings is 1. The van der Waals surface area contributed by atoms with Gasteiger partial charge in [-0.2, -0.15) is 12.6 Å². The van der Waals surface area contributed by atoms with E-state index >= 15 is 0 Å². The highest BCUT2D eigenvalue weighted by Crippen LogP contribution is 2.12. The Morgan fingerprint density at radius 1 is 1.32 bits per heavy atom. The molecular weight excluding hydrogens is 266 g/mol. The topological polar surface area (TPSA) is 64.6 Å². The molecule has 0 radical (unpaired) electrons. The average molecular weight is 283 g/mol. The number of esters is 1. The first kappa shape index (κ1) is 15.4. The van der Waals surface area contributed by atoms with Crippen LogP contribution in [0.5, 0.6) is 5.75 Å². The molecule has 1 amide bonds. The Morgan fingerprint density at radius 2 is 1.95 bits per heavy atom. The summed E-state index contributed by atoms with van der Waals surface area (Å²) >= 11 is 4.00. The van der Waals surface area contributed by atoms with Gasteiger partial charge in [0.1, 0.15) is 18.4 Å². The smallest absolute Gasteiger partial charge is 0.329 e. The molecule has 1 aromatic rings. The van der Waals surface area contributed by atoms with Gasteiger partial charge in [-0.25, -0.2) is 4.79 Å². The molecule has 1 atom stereocenters. The van der Waals surface area contributed by atoms with E-state index in [0.29, 0.717) is 0 Å². The number of hydrogen-bond donors (Lipinski definition) is 2. The molecule has 0 aliphatic rings. The molecule has 0 heterocycles. The molecule has 0 saturated carbocycles. The van der Waals surface area contributed by atoms with Gasteiger partial charge in [-0.3, -0.25) is 4.79 Å². The van der Waals surface area contributed by atoms with Crippen molar-refractivity contribution in [1.29, 1.82) is 0 Å². The van der Waals surface area contributed by atoms with Gasteiger partial charge in [-0.05, 0) is 17.7 Å². The zero-order valence-corrected chi connectivity index (χ0v) is 11.8. The van der Waals surface area contributed by atoms with E-state index in [9.17, 15) is 9.59 Å². The van der Waals surface area contributed by atoms with Gasteiger partial charge in [0.15, 0.2) is 0 Å². The standard InChI is InChI=1S/C13H17NO4S/c1-9(15)14-12(8-19)13(16)18-7-10-3-5-11(17-2)6-4-10/h3-6,12,19H,7-8H2,1-2H3,(H,14,15)/t12-/m0/s1. The van der Waals surface area contributed by atoms with E-state index in [1.165, 1.54) is 6.92 Å².